The van der Waals surface area contributed by atoms with Gasteiger partial charge in [-0.05, 0) is 147 Å². The fourth-order valence-electron chi connectivity index (χ4n) is 8.41. The van der Waals surface area contributed by atoms with Crippen molar-refractivity contribution >= 4 is 41.8 Å². The first-order valence-electron chi connectivity index (χ1n) is 28.3. The number of aryl methyl sites for hydroxylation is 1. The van der Waals surface area contributed by atoms with Crippen LogP contribution in [0.15, 0.2) is 121 Å². The van der Waals surface area contributed by atoms with Crippen LogP contribution in [-0.4, -0.2) is 125 Å². The lowest BCUT2D eigenvalue weighted by molar-refractivity contribution is -0.147. The van der Waals surface area contributed by atoms with E-state index in [1.807, 2.05) is 115 Å². The fourth-order valence-corrected chi connectivity index (χ4v) is 8.41. The van der Waals surface area contributed by atoms with Gasteiger partial charge < -0.3 is 80.2 Å². The summed E-state index contributed by atoms with van der Waals surface area (Å²) in [5.41, 5.74) is 38.5. The first-order chi connectivity index (χ1) is 40.3. The number of carbonyl (C=O) groups is 7. The van der Waals surface area contributed by atoms with Crippen molar-refractivity contribution in [3.63, 3.8) is 0 Å². The zero-order chi connectivity index (χ0) is 65.0. The van der Waals surface area contributed by atoms with Crippen LogP contribution in [0.25, 0.3) is 22.3 Å². The van der Waals surface area contributed by atoms with Crippen molar-refractivity contribution in [2.75, 3.05) is 7.11 Å². The topological polar surface area (TPSA) is 438 Å². The van der Waals surface area contributed by atoms with E-state index < -0.39 is 82.1 Å². The Labute approximate surface area is 502 Å². The number of nitrogens with two attached hydrogens (primary N) is 6. The molecule has 0 aromatic heterocycles. The van der Waals surface area contributed by atoms with Crippen LogP contribution in [0.4, 0.5) is 0 Å². The third-order valence-corrected chi connectivity index (χ3v) is 14.8. The molecule has 0 spiro atoms. The number of hydrogen-bond donors (Lipinski definition) is 14. The van der Waals surface area contributed by atoms with Crippen molar-refractivity contribution in [3.05, 3.63) is 149 Å². The van der Waals surface area contributed by atoms with Crippen LogP contribution in [0.2, 0.25) is 0 Å². The molecule has 0 unspecified atom stereocenters. The first-order valence-corrected chi connectivity index (χ1v) is 28.3. The lowest BCUT2D eigenvalue weighted by atomic mass is 9.78. The van der Waals surface area contributed by atoms with E-state index >= 15 is 0 Å². The second kappa shape index (κ2) is 35.4. The Kier molecular flexibility index (Phi) is 30.5. The number of carboxylic acid groups (broad SMARTS) is 7. The average Bonchev–Trinajstić information content (AvgIpc) is 2.99. The molecule has 3 atom stereocenters. The van der Waals surface area contributed by atoms with Crippen LogP contribution in [0.1, 0.15) is 120 Å². The highest BCUT2D eigenvalue weighted by Gasteiger charge is 2.40. The zero-order valence-corrected chi connectivity index (χ0v) is 50.0. The normalized spacial score (nSPS) is 15.6. The van der Waals surface area contributed by atoms with Gasteiger partial charge in [0.2, 0.25) is 0 Å². The molecule has 0 saturated heterocycles. The van der Waals surface area contributed by atoms with Gasteiger partial charge in [-0.2, -0.15) is 0 Å². The summed E-state index contributed by atoms with van der Waals surface area (Å²) < 4.78 is 5.26. The Balaban J connectivity index is 0.000000357. The summed E-state index contributed by atoms with van der Waals surface area (Å²) in [4.78, 5) is 73.0. The molecule has 2 aliphatic carbocycles. The second-order valence-corrected chi connectivity index (χ2v) is 21.9. The van der Waals surface area contributed by atoms with Crippen LogP contribution in [0.3, 0.4) is 0 Å². The molecule has 2 fully saturated rings. The SMILES string of the molecule is CC(C)(N)C(=O)O.CCC(N)(CC)C(=O)O.CCc1cc(OC)ccc1-c1ccc(C[C@H](N)C(=O)O)cc1.NC1(C(=O)O)CCC1.NC1(C(=O)O)CCCC1.N[C@@H](Cc1ccc(-c2ccccc2)cc1)C(=O)O.O=C(O)[C@@H]1Cc2ccccc2CN1. The van der Waals surface area contributed by atoms with E-state index in [4.69, 9.17) is 74.9 Å². The predicted octanol–water partition coefficient (Wildman–Crippen LogP) is 6.66. The number of benzene rings is 5. The molecule has 0 radical (unpaired) electrons. The van der Waals surface area contributed by atoms with E-state index in [0.717, 1.165) is 70.4 Å². The number of nitrogens with one attached hydrogen (secondary N) is 1. The smallest absolute Gasteiger partial charge is 0.323 e. The summed E-state index contributed by atoms with van der Waals surface area (Å²) in [5.74, 6) is -5.46. The van der Waals surface area contributed by atoms with E-state index in [-0.39, 0.29) is 0 Å². The summed E-state index contributed by atoms with van der Waals surface area (Å²) in [7, 11) is 1.66. The van der Waals surface area contributed by atoms with E-state index in [9.17, 15) is 33.6 Å². The number of rotatable bonds is 17. The van der Waals surface area contributed by atoms with Crippen LogP contribution in [0, 0.1) is 0 Å². The quantitative estimate of drug-likeness (QED) is 0.0462. The molecule has 470 valence electrons. The lowest BCUT2D eigenvalue weighted by Crippen LogP contribution is -2.53. The summed E-state index contributed by atoms with van der Waals surface area (Å²) in [6.07, 6.45) is 8.61. The molecule has 20 N–H and O–H groups in total. The van der Waals surface area contributed by atoms with E-state index in [2.05, 4.69) is 18.3 Å². The van der Waals surface area contributed by atoms with Crippen molar-refractivity contribution in [1.29, 1.82) is 0 Å². The van der Waals surface area contributed by atoms with Gasteiger partial charge >= 0.3 is 41.8 Å². The number of fused-ring (bicyclic) bond motifs is 1. The van der Waals surface area contributed by atoms with Crippen molar-refractivity contribution in [2.45, 2.75) is 165 Å². The van der Waals surface area contributed by atoms with Crippen molar-refractivity contribution in [1.82, 2.24) is 5.32 Å². The Morgan fingerprint density at radius 3 is 1.34 bits per heavy atom. The maximum atomic E-state index is 10.8. The fraction of sp³-hybridized carbons (Fsp3) is 0.422. The summed E-state index contributed by atoms with van der Waals surface area (Å²) in [5, 5.41) is 62.9. The number of methoxy groups -OCH3 is 1. The van der Waals surface area contributed by atoms with Crippen LogP contribution >= 0.6 is 0 Å². The molecule has 22 heteroatoms. The monoisotopic (exact) mass is 1200 g/mol. The molecule has 3 aliphatic rings. The van der Waals surface area contributed by atoms with E-state index in [1.165, 1.54) is 25.0 Å². The van der Waals surface area contributed by atoms with Crippen LogP contribution in [0.5, 0.6) is 5.75 Å². The summed E-state index contributed by atoms with van der Waals surface area (Å²) in [6, 6.07) is 37.6. The molecule has 8 rings (SSSR count). The van der Waals surface area contributed by atoms with Gasteiger partial charge in [0.05, 0.1) is 7.11 Å². The largest absolute Gasteiger partial charge is 0.497 e. The van der Waals surface area contributed by atoms with Gasteiger partial charge in [0.15, 0.2) is 0 Å². The third kappa shape index (κ3) is 24.5. The van der Waals surface area contributed by atoms with Gasteiger partial charge in [-0.1, -0.05) is 143 Å². The molecule has 1 heterocycles. The number of hydrogen-bond acceptors (Lipinski definition) is 15. The maximum Gasteiger partial charge on any atom is 0.323 e. The third-order valence-electron chi connectivity index (χ3n) is 14.8. The second-order valence-electron chi connectivity index (χ2n) is 21.9. The maximum absolute atomic E-state index is 10.8. The highest BCUT2D eigenvalue weighted by atomic mass is 16.5. The molecule has 1 aliphatic heterocycles. The standard InChI is InChI=1S/C18H21NO3.C15H15NO2.C10H11NO2.C6H11NO2.C6H13NO2.C5H9NO2.C4H9NO2/c1-3-13-11-15(22-2)8-9-16(13)14-6-4-12(5-7-14)10-17(19)18(20)21;16-14(15(17)18)10-11-6-8-13(9-7-11)12-4-2-1-3-5-12;12-10(13)9-5-7-3-1-2-4-8(7)6-11-9;7-6(5(8)9)3-1-2-4-6;1-3-6(7,4-2)5(8)9;6-5(4(7)8)2-1-3-5;1-4(2,5)3(6)7/h4-9,11,17H,3,10,19H2,1-2H3,(H,20,21);1-9,14H,10,16H2,(H,17,18);1-4,9,11H,5-6H2,(H,12,13);1-4,7H2,(H,8,9);3-4,7H2,1-2H3,(H,8,9);1-3,6H2,(H,7,8);5H2,1-2H3,(H,6,7)/t17-;14-;9-;;;;/m000..../s1. The van der Waals surface area contributed by atoms with Crippen molar-refractivity contribution in [2.24, 2.45) is 34.4 Å². The van der Waals surface area contributed by atoms with Crippen LogP contribution < -0.4 is 44.5 Å². The van der Waals surface area contributed by atoms with Gasteiger partial charge in [0.25, 0.3) is 0 Å². The Morgan fingerprint density at radius 1 is 0.581 bits per heavy atom. The first kappa shape index (κ1) is 74.0. The highest BCUT2D eigenvalue weighted by Crippen LogP contribution is 2.30. The minimum Gasteiger partial charge on any atom is -0.497 e. The molecular formula is C64H89N7O15. The predicted molar refractivity (Wildman–Crippen MR) is 329 cm³/mol. The van der Waals surface area contributed by atoms with Gasteiger partial charge in [-0.15, -0.1) is 0 Å². The number of carboxylic acids is 7. The van der Waals surface area contributed by atoms with E-state index in [0.29, 0.717) is 64.3 Å². The molecule has 5 aromatic carbocycles. The van der Waals surface area contributed by atoms with Crippen LogP contribution in [-0.2, 0) is 65.8 Å². The molecule has 5 aromatic rings. The van der Waals surface area contributed by atoms with Crippen molar-refractivity contribution in [3.8, 4) is 28.0 Å². The molecule has 86 heavy (non-hydrogen) atoms. The Bertz CT molecular complexity index is 2940. The Morgan fingerprint density at radius 2 is 1.00 bits per heavy atom. The summed E-state index contributed by atoms with van der Waals surface area (Å²) in [6.45, 7) is 9.20. The molecule has 0 bridgehead atoms. The van der Waals surface area contributed by atoms with Gasteiger partial charge in [0.1, 0.15) is 46.0 Å². The van der Waals surface area contributed by atoms with Gasteiger partial charge in [0, 0.05) is 6.54 Å². The molecular weight excluding hydrogens is 1110 g/mol. The number of ether oxygens (including phenoxy) is 1. The van der Waals surface area contributed by atoms with Crippen molar-refractivity contribution < 1.29 is 74.0 Å². The highest BCUT2D eigenvalue weighted by molar-refractivity contribution is 5.80. The van der Waals surface area contributed by atoms with Gasteiger partial charge in [-0.3, -0.25) is 33.6 Å². The van der Waals surface area contributed by atoms with Gasteiger partial charge in [-0.25, -0.2) is 0 Å². The zero-order valence-electron chi connectivity index (χ0n) is 50.0. The minimum absolute atomic E-state index is 0.332. The molecule has 2 saturated carbocycles. The molecule has 0 amide bonds. The number of aliphatic carboxylic acids is 7. The average molecular weight is 1200 g/mol. The minimum atomic E-state index is -1.08. The van der Waals surface area contributed by atoms with E-state index in [1.54, 1.807) is 21.0 Å². The Hall–Kier alpha value is -8.09. The molecule has 22 nitrogen and oxygen atoms in total. The lowest BCUT2D eigenvalue weighted by Gasteiger charge is -2.32. The summed E-state index contributed by atoms with van der Waals surface area (Å²) >= 11 is 0.